The van der Waals surface area contributed by atoms with E-state index in [-0.39, 0.29) is 29.0 Å². The van der Waals surface area contributed by atoms with Gasteiger partial charge in [-0.3, -0.25) is 4.79 Å². The molecule has 3 rings (SSSR count). The van der Waals surface area contributed by atoms with Gasteiger partial charge in [-0.15, -0.1) is 0 Å². The molecule has 2 fully saturated rings. The first kappa shape index (κ1) is 18.4. The molecular formula is C21H30FNO2. The van der Waals surface area contributed by atoms with Crippen LogP contribution in [-0.4, -0.2) is 23.2 Å². The van der Waals surface area contributed by atoms with Crippen LogP contribution in [0.15, 0.2) is 24.3 Å². The molecule has 2 atom stereocenters. The molecule has 0 radical (unpaired) electrons. The maximum Gasteiger partial charge on any atom is 0.223 e. The highest BCUT2D eigenvalue weighted by molar-refractivity contribution is 5.82. The van der Waals surface area contributed by atoms with Crippen molar-refractivity contribution in [2.45, 2.75) is 64.4 Å². The molecule has 1 amide bonds. The van der Waals surface area contributed by atoms with Gasteiger partial charge in [0.05, 0.1) is 5.60 Å². The lowest BCUT2D eigenvalue weighted by molar-refractivity contribution is -0.124. The molecule has 1 aromatic rings. The van der Waals surface area contributed by atoms with Gasteiger partial charge in [-0.1, -0.05) is 32.9 Å². The van der Waals surface area contributed by atoms with Crippen molar-refractivity contribution in [3.8, 4) is 0 Å². The molecule has 2 N–H and O–H groups in total. The molecule has 2 aliphatic rings. The molecule has 0 saturated heterocycles. The van der Waals surface area contributed by atoms with Gasteiger partial charge in [-0.05, 0) is 67.1 Å². The van der Waals surface area contributed by atoms with E-state index in [4.69, 9.17) is 0 Å². The summed E-state index contributed by atoms with van der Waals surface area (Å²) in [6.45, 7) is 7.09. The third-order valence-electron chi connectivity index (χ3n) is 6.14. The van der Waals surface area contributed by atoms with Gasteiger partial charge in [0, 0.05) is 12.5 Å². The van der Waals surface area contributed by atoms with Crippen molar-refractivity contribution >= 4 is 5.91 Å². The Morgan fingerprint density at radius 3 is 2.60 bits per heavy atom. The second-order valence-corrected chi connectivity index (χ2v) is 9.09. The highest BCUT2D eigenvalue weighted by Gasteiger charge is 2.45. The highest BCUT2D eigenvalue weighted by atomic mass is 19.1. The molecule has 4 heteroatoms. The number of hydrogen-bond acceptors (Lipinski definition) is 2. The Hall–Kier alpha value is -1.42. The van der Waals surface area contributed by atoms with Crippen LogP contribution in [0.1, 0.15) is 64.4 Å². The number of nitrogens with one attached hydrogen (secondary N) is 1. The second kappa shape index (κ2) is 6.71. The average Bonchev–Trinajstić information content (AvgIpc) is 3.33. The van der Waals surface area contributed by atoms with E-state index in [1.807, 2.05) is 6.07 Å². The molecule has 0 bridgehead atoms. The van der Waals surface area contributed by atoms with Gasteiger partial charge in [0.25, 0.3) is 0 Å². The molecule has 0 aromatic heterocycles. The molecule has 2 saturated carbocycles. The van der Waals surface area contributed by atoms with Crippen LogP contribution in [0, 0.1) is 23.1 Å². The lowest BCUT2D eigenvalue weighted by Crippen LogP contribution is -2.47. The maximum atomic E-state index is 13.3. The summed E-state index contributed by atoms with van der Waals surface area (Å²) in [6.07, 6.45) is 4.26. The summed E-state index contributed by atoms with van der Waals surface area (Å²) in [5, 5.41) is 13.7. The topological polar surface area (TPSA) is 49.3 Å². The van der Waals surface area contributed by atoms with Crippen LogP contribution >= 0.6 is 0 Å². The predicted octanol–water partition coefficient (Wildman–Crippen LogP) is 4.01. The van der Waals surface area contributed by atoms with Crippen molar-refractivity contribution in [3.05, 3.63) is 35.6 Å². The van der Waals surface area contributed by atoms with E-state index in [0.717, 1.165) is 37.7 Å². The number of aliphatic hydroxyl groups is 1. The van der Waals surface area contributed by atoms with E-state index < -0.39 is 5.60 Å². The van der Waals surface area contributed by atoms with Crippen molar-refractivity contribution < 1.29 is 14.3 Å². The first-order chi connectivity index (χ1) is 11.7. The van der Waals surface area contributed by atoms with Crippen LogP contribution in [0.3, 0.4) is 0 Å². The molecule has 0 spiro atoms. The van der Waals surface area contributed by atoms with Crippen LogP contribution < -0.4 is 5.32 Å². The van der Waals surface area contributed by atoms with Crippen molar-refractivity contribution in [2.75, 3.05) is 6.54 Å². The summed E-state index contributed by atoms with van der Waals surface area (Å²) in [7, 11) is 0. The SMILES string of the molecule is CC(C)(C)C1CCC(O)(CNC(=O)[C@H]2C[C@@H]2c2cccc(F)c2)CC1. The minimum atomic E-state index is -0.777. The lowest BCUT2D eigenvalue weighted by Gasteiger charge is -2.41. The Morgan fingerprint density at radius 1 is 1.32 bits per heavy atom. The molecular weight excluding hydrogens is 317 g/mol. The van der Waals surface area contributed by atoms with Gasteiger partial charge in [0.1, 0.15) is 5.82 Å². The van der Waals surface area contributed by atoms with Crippen molar-refractivity contribution in [1.29, 1.82) is 0 Å². The summed E-state index contributed by atoms with van der Waals surface area (Å²) in [5.74, 6) is 0.386. The van der Waals surface area contributed by atoms with Crippen LogP contribution in [0.2, 0.25) is 0 Å². The van der Waals surface area contributed by atoms with E-state index in [1.165, 1.54) is 12.1 Å². The molecule has 2 aliphatic carbocycles. The Morgan fingerprint density at radius 2 is 2.00 bits per heavy atom. The van der Waals surface area contributed by atoms with Gasteiger partial charge < -0.3 is 10.4 Å². The summed E-state index contributed by atoms with van der Waals surface area (Å²) in [5.41, 5.74) is 0.391. The molecule has 3 nitrogen and oxygen atoms in total. The summed E-state index contributed by atoms with van der Waals surface area (Å²) in [6, 6.07) is 6.50. The van der Waals surface area contributed by atoms with Gasteiger partial charge >= 0.3 is 0 Å². The zero-order chi connectivity index (χ0) is 18.2. The van der Waals surface area contributed by atoms with Crippen molar-refractivity contribution in [1.82, 2.24) is 5.32 Å². The standard InChI is InChI=1S/C21H30FNO2/c1-20(2,3)15-7-9-21(25,10-8-15)13-23-19(24)18-12-17(18)14-5-4-6-16(22)11-14/h4-6,11,15,17-18,25H,7-10,12-13H2,1-3H3,(H,23,24)/t15?,17-,18+,21?/m1/s1. The number of amides is 1. The van der Waals surface area contributed by atoms with E-state index in [0.29, 0.717) is 12.5 Å². The van der Waals surface area contributed by atoms with Gasteiger partial charge in [0.15, 0.2) is 0 Å². The maximum absolute atomic E-state index is 13.3. The largest absolute Gasteiger partial charge is 0.388 e. The number of rotatable bonds is 4. The number of halogens is 1. The average molecular weight is 347 g/mol. The van der Waals surface area contributed by atoms with Crippen LogP contribution in [0.5, 0.6) is 0 Å². The fourth-order valence-corrected chi connectivity index (χ4v) is 4.17. The number of carbonyl (C=O) groups is 1. The quantitative estimate of drug-likeness (QED) is 0.864. The third-order valence-corrected chi connectivity index (χ3v) is 6.14. The number of hydrogen-bond donors (Lipinski definition) is 2. The van der Waals surface area contributed by atoms with Crippen LogP contribution in [0.4, 0.5) is 4.39 Å². The zero-order valence-electron chi connectivity index (χ0n) is 15.5. The zero-order valence-corrected chi connectivity index (χ0v) is 15.5. The second-order valence-electron chi connectivity index (χ2n) is 9.09. The molecule has 138 valence electrons. The van der Waals surface area contributed by atoms with Gasteiger partial charge in [-0.25, -0.2) is 4.39 Å². The predicted molar refractivity (Wildman–Crippen MR) is 96.6 cm³/mol. The fourth-order valence-electron chi connectivity index (χ4n) is 4.17. The normalized spacial score (nSPS) is 32.3. The first-order valence-electron chi connectivity index (χ1n) is 9.43. The minimum Gasteiger partial charge on any atom is -0.388 e. The van der Waals surface area contributed by atoms with Crippen molar-refractivity contribution in [3.63, 3.8) is 0 Å². The summed E-state index contributed by atoms with van der Waals surface area (Å²) < 4.78 is 13.3. The molecule has 1 aromatic carbocycles. The number of benzene rings is 1. The molecule has 25 heavy (non-hydrogen) atoms. The van der Waals surface area contributed by atoms with E-state index in [9.17, 15) is 14.3 Å². The Balaban J connectivity index is 1.47. The van der Waals surface area contributed by atoms with Gasteiger partial charge in [-0.2, -0.15) is 0 Å². The third kappa shape index (κ3) is 4.41. The monoisotopic (exact) mass is 347 g/mol. The molecule has 0 unspecified atom stereocenters. The highest BCUT2D eigenvalue weighted by Crippen LogP contribution is 2.48. The summed E-state index contributed by atoms with van der Waals surface area (Å²) in [4.78, 5) is 12.4. The fraction of sp³-hybridized carbons (Fsp3) is 0.667. The number of carbonyl (C=O) groups excluding carboxylic acids is 1. The first-order valence-corrected chi connectivity index (χ1v) is 9.43. The van der Waals surface area contributed by atoms with Crippen LogP contribution in [-0.2, 0) is 4.79 Å². The Labute approximate surface area is 150 Å². The summed E-state index contributed by atoms with van der Waals surface area (Å²) >= 11 is 0. The van der Waals surface area contributed by atoms with Gasteiger partial charge in [0.2, 0.25) is 5.91 Å². The van der Waals surface area contributed by atoms with E-state index in [1.54, 1.807) is 6.07 Å². The smallest absolute Gasteiger partial charge is 0.223 e. The lowest BCUT2D eigenvalue weighted by atomic mass is 9.68. The van der Waals surface area contributed by atoms with E-state index in [2.05, 4.69) is 26.1 Å². The van der Waals surface area contributed by atoms with Crippen LogP contribution in [0.25, 0.3) is 0 Å². The Kier molecular flexibility index (Phi) is 4.93. The minimum absolute atomic E-state index is 0.0133. The molecule has 0 heterocycles. The van der Waals surface area contributed by atoms with E-state index >= 15 is 0 Å². The Bertz CT molecular complexity index is 629. The van der Waals surface area contributed by atoms with Crippen molar-refractivity contribution in [2.24, 2.45) is 17.3 Å². The molecule has 0 aliphatic heterocycles.